The highest BCUT2D eigenvalue weighted by Crippen LogP contribution is 2.22. The third-order valence-electron chi connectivity index (χ3n) is 2.56. The molecular formula is C14H18N4S. The van der Waals surface area contributed by atoms with Crippen LogP contribution in [0.15, 0.2) is 35.7 Å². The second-order valence-electron chi connectivity index (χ2n) is 4.21. The van der Waals surface area contributed by atoms with Crippen molar-refractivity contribution in [2.45, 2.75) is 31.2 Å². The van der Waals surface area contributed by atoms with E-state index in [0.29, 0.717) is 0 Å². The summed E-state index contributed by atoms with van der Waals surface area (Å²) in [6, 6.07) is 5.96. The van der Waals surface area contributed by atoms with Gasteiger partial charge in [0.25, 0.3) is 0 Å². The lowest BCUT2D eigenvalue weighted by atomic mass is 10.3. The number of pyridine rings is 1. The number of hydrogen-bond donors (Lipinski definition) is 1. The van der Waals surface area contributed by atoms with E-state index in [2.05, 4.69) is 33.3 Å². The maximum atomic E-state index is 4.39. The third kappa shape index (κ3) is 4.21. The molecule has 0 saturated heterocycles. The van der Waals surface area contributed by atoms with Crippen LogP contribution in [-0.4, -0.2) is 21.5 Å². The molecule has 1 N–H and O–H groups in total. The van der Waals surface area contributed by atoms with Crippen molar-refractivity contribution in [1.29, 1.82) is 0 Å². The van der Waals surface area contributed by atoms with E-state index in [1.807, 2.05) is 25.3 Å². The molecular weight excluding hydrogens is 256 g/mol. The van der Waals surface area contributed by atoms with Crippen LogP contribution in [-0.2, 0) is 5.75 Å². The quantitative estimate of drug-likeness (QED) is 0.647. The van der Waals surface area contributed by atoms with Gasteiger partial charge in [0.2, 0.25) is 0 Å². The SMILES string of the molecule is CCCNc1ncccc1CSc1nccc(C)n1. The van der Waals surface area contributed by atoms with Gasteiger partial charge in [-0.15, -0.1) is 0 Å². The van der Waals surface area contributed by atoms with Crippen molar-refractivity contribution in [2.75, 3.05) is 11.9 Å². The molecule has 19 heavy (non-hydrogen) atoms. The van der Waals surface area contributed by atoms with Gasteiger partial charge in [-0.05, 0) is 25.5 Å². The molecule has 0 unspecified atom stereocenters. The zero-order chi connectivity index (χ0) is 13.5. The van der Waals surface area contributed by atoms with Crippen LogP contribution in [0.4, 0.5) is 5.82 Å². The fraction of sp³-hybridized carbons (Fsp3) is 0.357. The van der Waals surface area contributed by atoms with E-state index in [1.54, 1.807) is 18.0 Å². The van der Waals surface area contributed by atoms with Crippen LogP contribution in [0, 0.1) is 6.92 Å². The minimum atomic E-state index is 0.810. The van der Waals surface area contributed by atoms with E-state index in [-0.39, 0.29) is 0 Å². The van der Waals surface area contributed by atoms with Crippen molar-refractivity contribution in [3.63, 3.8) is 0 Å². The Labute approximate surface area is 118 Å². The first-order valence-electron chi connectivity index (χ1n) is 6.40. The van der Waals surface area contributed by atoms with Crippen LogP contribution in [0.3, 0.4) is 0 Å². The summed E-state index contributed by atoms with van der Waals surface area (Å²) in [5.41, 5.74) is 2.18. The third-order valence-corrected chi connectivity index (χ3v) is 3.47. The van der Waals surface area contributed by atoms with Crippen LogP contribution in [0.5, 0.6) is 0 Å². The van der Waals surface area contributed by atoms with Gasteiger partial charge in [0.15, 0.2) is 5.16 Å². The first-order chi connectivity index (χ1) is 9.29. The standard InChI is InChI=1S/C14H18N4S/c1-3-7-15-13-12(5-4-8-16-13)10-19-14-17-9-6-11(2)18-14/h4-6,8-9H,3,7,10H2,1-2H3,(H,15,16). The van der Waals surface area contributed by atoms with Gasteiger partial charge in [-0.25, -0.2) is 15.0 Å². The molecule has 100 valence electrons. The Hall–Kier alpha value is -1.62. The lowest BCUT2D eigenvalue weighted by Gasteiger charge is -2.09. The van der Waals surface area contributed by atoms with Gasteiger partial charge < -0.3 is 5.32 Å². The van der Waals surface area contributed by atoms with Gasteiger partial charge in [-0.1, -0.05) is 24.8 Å². The van der Waals surface area contributed by atoms with Crippen LogP contribution in [0.25, 0.3) is 0 Å². The van der Waals surface area contributed by atoms with Crippen LogP contribution in [0.2, 0.25) is 0 Å². The number of aromatic nitrogens is 3. The molecule has 0 spiro atoms. The summed E-state index contributed by atoms with van der Waals surface area (Å²) in [6.07, 6.45) is 4.70. The Kier molecular flexibility index (Phi) is 5.15. The zero-order valence-corrected chi connectivity index (χ0v) is 12.1. The maximum Gasteiger partial charge on any atom is 0.188 e. The average molecular weight is 274 g/mol. The van der Waals surface area contributed by atoms with Gasteiger partial charge in [0.05, 0.1) is 0 Å². The number of rotatable bonds is 6. The molecule has 0 atom stereocenters. The maximum absolute atomic E-state index is 4.39. The molecule has 0 aliphatic rings. The van der Waals surface area contributed by atoms with E-state index in [9.17, 15) is 0 Å². The zero-order valence-electron chi connectivity index (χ0n) is 11.3. The molecule has 0 bridgehead atoms. The highest BCUT2D eigenvalue weighted by atomic mass is 32.2. The van der Waals surface area contributed by atoms with Crippen molar-refractivity contribution < 1.29 is 0 Å². The molecule has 2 aromatic heterocycles. The molecule has 0 radical (unpaired) electrons. The second kappa shape index (κ2) is 7.09. The highest BCUT2D eigenvalue weighted by molar-refractivity contribution is 7.98. The van der Waals surface area contributed by atoms with Crippen molar-refractivity contribution in [1.82, 2.24) is 15.0 Å². The largest absolute Gasteiger partial charge is 0.370 e. The van der Waals surface area contributed by atoms with Crippen molar-refractivity contribution in [3.05, 3.63) is 41.9 Å². The van der Waals surface area contributed by atoms with Gasteiger partial charge in [0.1, 0.15) is 5.82 Å². The molecule has 0 fully saturated rings. The monoisotopic (exact) mass is 274 g/mol. The van der Waals surface area contributed by atoms with Crippen LogP contribution in [0.1, 0.15) is 24.6 Å². The van der Waals surface area contributed by atoms with Gasteiger partial charge in [0, 0.05) is 35.9 Å². The summed E-state index contributed by atoms with van der Waals surface area (Å²) < 4.78 is 0. The number of thioether (sulfide) groups is 1. The summed E-state index contributed by atoms with van der Waals surface area (Å²) in [4.78, 5) is 13.0. The molecule has 2 aromatic rings. The summed E-state index contributed by atoms with van der Waals surface area (Å²) in [5, 5.41) is 4.16. The van der Waals surface area contributed by atoms with Crippen LogP contribution < -0.4 is 5.32 Å². The summed E-state index contributed by atoms with van der Waals surface area (Å²) >= 11 is 1.63. The normalized spacial score (nSPS) is 10.4. The van der Waals surface area contributed by atoms with Crippen LogP contribution >= 0.6 is 11.8 Å². The topological polar surface area (TPSA) is 50.7 Å². The van der Waals surface area contributed by atoms with E-state index in [1.165, 1.54) is 5.56 Å². The Balaban J connectivity index is 2.02. The Morgan fingerprint density at radius 1 is 1.21 bits per heavy atom. The molecule has 2 heterocycles. The Morgan fingerprint density at radius 3 is 2.89 bits per heavy atom. The first kappa shape index (κ1) is 13.8. The average Bonchev–Trinajstić information content (AvgIpc) is 2.44. The molecule has 0 aliphatic heterocycles. The molecule has 0 aromatic carbocycles. The molecule has 0 aliphatic carbocycles. The Bertz CT molecular complexity index is 530. The van der Waals surface area contributed by atoms with Gasteiger partial charge in [-0.2, -0.15) is 0 Å². The number of aryl methyl sites for hydroxylation is 1. The van der Waals surface area contributed by atoms with E-state index < -0.39 is 0 Å². The number of nitrogens with one attached hydrogen (secondary N) is 1. The fourth-order valence-electron chi connectivity index (χ4n) is 1.60. The lowest BCUT2D eigenvalue weighted by Crippen LogP contribution is -2.04. The van der Waals surface area contributed by atoms with Crippen molar-refractivity contribution in [3.8, 4) is 0 Å². The lowest BCUT2D eigenvalue weighted by molar-refractivity contribution is 0.931. The fourth-order valence-corrected chi connectivity index (χ4v) is 2.46. The molecule has 0 amide bonds. The van der Waals surface area contributed by atoms with Gasteiger partial charge >= 0.3 is 0 Å². The van der Waals surface area contributed by atoms with E-state index in [0.717, 1.165) is 35.4 Å². The second-order valence-corrected chi connectivity index (χ2v) is 5.15. The van der Waals surface area contributed by atoms with E-state index >= 15 is 0 Å². The smallest absolute Gasteiger partial charge is 0.188 e. The van der Waals surface area contributed by atoms with Crippen molar-refractivity contribution in [2.24, 2.45) is 0 Å². The number of hydrogen-bond acceptors (Lipinski definition) is 5. The number of anilines is 1. The predicted molar refractivity (Wildman–Crippen MR) is 79.3 cm³/mol. The minimum Gasteiger partial charge on any atom is -0.370 e. The number of nitrogens with zero attached hydrogens (tertiary/aromatic N) is 3. The summed E-state index contributed by atoms with van der Waals surface area (Å²) in [7, 11) is 0. The summed E-state index contributed by atoms with van der Waals surface area (Å²) in [5.74, 6) is 1.79. The highest BCUT2D eigenvalue weighted by Gasteiger charge is 2.05. The van der Waals surface area contributed by atoms with E-state index in [4.69, 9.17) is 0 Å². The molecule has 4 nitrogen and oxygen atoms in total. The minimum absolute atomic E-state index is 0.810. The molecule has 0 saturated carbocycles. The molecule has 2 rings (SSSR count). The van der Waals surface area contributed by atoms with Crippen molar-refractivity contribution >= 4 is 17.6 Å². The predicted octanol–water partition coefficient (Wildman–Crippen LogP) is 3.29. The Morgan fingerprint density at radius 2 is 2.11 bits per heavy atom. The molecule has 5 heteroatoms. The summed E-state index contributed by atoms with van der Waals surface area (Å²) in [6.45, 7) is 5.06. The first-order valence-corrected chi connectivity index (χ1v) is 7.38. The van der Waals surface area contributed by atoms with Gasteiger partial charge in [-0.3, -0.25) is 0 Å².